The van der Waals surface area contributed by atoms with Crippen LogP contribution in [0.5, 0.6) is 0 Å². The minimum atomic E-state index is 0.270. The van der Waals surface area contributed by atoms with Gasteiger partial charge in [-0.3, -0.25) is 4.98 Å². The second-order valence-corrected chi connectivity index (χ2v) is 10.3. The average molecular weight is 432 g/mol. The fourth-order valence-electron chi connectivity index (χ4n) is 5.76. The Balaban J connectivity index is 1.96. The number of aromatic nitrogens is 2. The van der Waals surface area contributed by atoms with Crippen molar-refractivity contribution in [1.29, 1.82) is 0 Å². The van der Waals surface area contributed by atoms with E-state index >= 15 is 0 Å². The van der Waals surface area contributed by atoms with E-state index < -0.39 is 0 Å². The van der Waals surface area contributed by atoms with Gasteiger partial charge in [-0.15, -0.1) is 0 Å². The summed E-state index contributed by atoms with van der Waals surface area (Å²) in [5.74, 6) is 0. The maximum atomic E-state index is 4.76. The van der Waals surface area contributed by atoms with E-state index in [0.717, 1.165) is 19.4 Å². The molecule has 1 aromatic carbocycles. The molecule has 1 saturated heterocycles. The highest BCUT2D eigenvalue weighted by Gasteiger charge is 2.26. The van der Waals surface area contributed by atoms with Gasteiger partial charge >= 0.3 is 0 Å². The number of fused-ring (bicyclic) bond motifs is 1. The van der Waals surface area contributed by atoms with Gasteiger partial charge in [0.2, 0.25) is 0 Å². The number of piperidine rings is 1. The maximum absolute atomic E-state index is 4.76. The smallest absolute Gasteiger partial charge is 0.0542 e. The second kappa shape index (κ2) is 9.68. The van der Waals surface area contributed by atoms with Crippen molar-refractivity contribution in [1.82, 2.24) is 9.55 Å². The molecule has 0 bridgehead atoms. The third-order valence-corrected chi connectivity index (χ3v) is 7.25. The molecule has 1 aliphatic rings. The van der Waals surface area contributed by atoms with Gasteiger partial charge < -0.3 is 9.47 Å². The van der Waals surface area contributed by atoms with Gasteiger partial charge in [-0.25, -0.2) is 0 Å². The average Bonchev–Trinajstić information content (AvgIpc) is 3.11. The van der Waals surface area contributed by atoms with Crippen LogP contribution in [0.1, 0.15) is 78.0 Å². The molecule has 0 N–H and O–H groups in total. The van der Waals surface area contributed by atoms with Crippen molar-refractivity contribution in [2.24, 2.45) is 5.41 Å². The first-order valence-electron chi connectivity index (χ1n) is 12.8. The lowest BCUT2D eigenvalue weighted by atomic mass is 9.80. The number of hydrogen-bond acceptors (Lipinski definition) is 2. The normalized spacial score (nSPS) is 15.0. The third-order valence-electron chi connectivity index (χ3n) is 7.25. The first-order chi connectivity index (χ1) is 15.5. The molecular weight excluding hydrogens is 390 g/mol. The molecule has 0 amide bonds. The van der Waals surface area contributed by atoms with Crippen molar-refractivity contribution >= 4 is 16.6 Å². The van der Waals surface area contributed by atoms with Gasteiger partial charge in [0.25, 0.3) is 0 Å². The van der Waals surface area contributed by atoms with E-state index in [-0.39, 0.29) is 5.41 Å². The van der Waals surface area contributed by atoms with E-state index in [4.69, 9.17) is 4.98 Å². The predicted octanol–water partition coefficient (Wildman–Crippen LogP) is 7.64. The highest BCUT2D eigenvalue weighted by atomic mass is 15.1. The number of nitrogens with zero attached hydrogens (tertiary/aromatic N) is 3. The molecule has 32 heavy (non-hydrogen) atoms. The van der Waals surface area contributed by atoms with E-state index in [1.165, 1.54) is 84.3 Å². The molecule has 0 atom stereocenters. The Labute approximate surface area is 194 Å². The molecule has 0 saturated carbocycles. The standard InChI is InChI=1S/C29H41N3/c1-6-16-29(4,5)21-25-24-20-22(31-18-10-9-11-19-31)14-15-27(24)32(8-3)28(25)23-13-12-17-30-26(23)7-2/h12-15,17,20H,6-11,16,18-19,21H2,1-5H3. The quantitative estimate of drug-likeness (QED) is 0.365. The van der Waals surface area contributed by atoms with E-state index in [2.05, 4.69) is 74.4 Å². The van der Waals surface area contributed by atoms with Crippen LogP contribution in [0.15, 0.2) is 36.5 Å². The molecule has 0 unspecified atom stereocenters. The number of aryl methyl sites for hydroxylation is 2. The molecule has 3 nitrogen and oxygen atoms in total. The van der Waals surface area contributed by atoms with Gasteiger partial charge in [-0.05, 0) is 86.8 Å². The number of benzene rings is 1. The Bertz CT molecular complexity index is 1050. The lowest BCUT2D eigenvalue weighted by molar-refractivity contribution is 0.330. The fraction of sp³-hybridized carbons (Fsp3) is 0.552. The van der Waals surface area contributed by atoms with Gasteiger partial charge in [0, 0.05) is 53.7 Å². The van der Waals surface area contributed by atoms with Crippen molar-refractivity contribution in [2.45, 2.75) is 86.1 Å². The van der Waals surface area contributed by atoms with Crippen LogP contribution in [0.4, 0.5) is 5.69 Å². The first-order valence-corrected chi connectivity index (χ1v) is 12.8. The molecule has 0 spiro atoms. The summed E-state index contributed by atoms with van der Waals surface area (Å²) in [5.41, 5.74) is 8.47. The van der Waals surface area contributed by atoms with E-state index in [0.29, 0.717) is 0 Å². The summed E-state index contributed by atoms with van der Waals surface area (Å²) in [7, 11) is 0. The molecule has 4 rings (SSSR count). The van der Waals surface area contributed by atoms with Crippen molar-refractivity contribution in [3.8, 4) is 11.3 Å². The van der Waals surface area contributed by atoms with Crippen LogP contribution < -0.4 is 4.90 Å². The van der Waals surface area contributed by atoms with Crippen molar-refractivity contribution in [3.63, 3.8) is 0 Å². The molecule has 1 aliphatic heterocycles. The maximum Gasteiger partial charge on any atom is 0.0542 e. The van der Waals surface area contributed by atoms with Gasteiger partial charge in [-0.2, -0.15) is 0 Å². The second-order valence-electron chi connectivity index (χ2n) is 10.3. The summed E-state index contributed by atoms with van der Waals surface area (Å²) >= 11 is 0. The largest absolute Gasteiger partial charge is 0.372 e. The fourth-order valence-corrected chi connectivity index (χ4v) is 5.76. The Morgan fingerprint density at radius 1 is 1.00 bits per heavy atom. The van der Waals surface area contributed by atoms with E-state index in [1.807, 2.05) is 6.20 Å². The van der Waals surface area contributed by atoms with Crippen LogP contribution in [0.2, 0.25) is 0 Å². The van der Waals surface area contributed by atoms with Crippen LogP contribution in [0.25, 0.3) is 22.2 Å². The molecule has 3 heterocycles. The van der Waals surface area contributed by atoms with Gasteiger partial charge in [0.15, 0.2) is 0 Å². The van der Waals surface area contributed by atoms with Crippen LogP contribution in [-0.4, -0.2) is 22.6 Å². The summed E-state index contributed by atoms with van der Waals surface area (Å²) in [6.07, 6.45) is 10.4. The molecule has 0 aliphatic carbocycles. The monoisotopic (exact) mass is 431 g/mol. The number of hydrogen-bond donors (Lipinski definition) is 0. The SMILES string of the molecule is CCCC(C)(C)Cc1c(-c2cccnc2CC)n(CC)c2ccc(N3CCCCC3)cc12. The van der Waals surface area contributed by atoms with E-state index in [9.17, 15) is 0 Å². The Morgan fingerprint density at radius 3 is 2.47 bits per heavy atom. The Hall–Kier alpha value is -2.29. The summed E-state index contributed by atoms with van der Waals surface area (Å²) in [6.45, 7) is 15.0. The summed E-state index contributed by atoms with van der Waals surface area (Å²) in [6, 6.07) is 11.6. The minimum absolute atomic E-state index is 0.270. The van der Waals surface area contributed by atoms with Crippen LogP contribution in [-0.2, 0) is 19.4 Å². The molecule has 0 radical (unpaired) electrons. The highest BCUT2D eigenvalue weighted by Crippen LogP contribution is 2.41. The first kappa shape index (κ1) is 22.9. The molecule has 1 fully saturated rings. The highest BCUT2D eigenvalue weighted by molar-refractivity contribution is 5.94. The predicted molar refractivity (Wildman–Crippen MR) is 139 cm³/mol. The van der Waals surface area contributed by atoms with Crippen molar-refractivity contribution in [3.05, 3.63) is 47.8 Å². The van der Waals surface area contributed by atoms with Crippen molar-refractivity contribution in [2.75, 3.05) is 18.0 Å². The Morgan fingerprint density at radius 2 is 1.78 bits per heavy atom. The van der Waals surface area contributed by atoms with Crippen molar-refractivity contribution < 1.29 is 0 Å². The van der Waals surface area contributed by atoms with Crippen LogP contribution in [0, 0.1) is 5.41 Å². The molecular formula is C29H41N3. The summed E-state index contributed by atoms with van der Waals surface area (Å²) in [5, 5.41) is 1.44. The third kappa shape index (κ3) is 4.44. The van der Waals surface area contributed by atoms with Gasteiger partial charge in [-0.1, -0.05) is 34.1 Å². The molecule has 3 heteroatoms. The zero-order valence-corrected chi connectivity index (χ0v) is 20.9. The minimum Gasteiger partial charge on any atom is -0.372 e. The van der Waals surface area contributed by atoms with Gasteiger partial charge in [0.1, 0.15) is 0 Å². The Kier molecular flexibility index (Phi) is 6.93. The summed E-state index contributed by atoms with van der Waals surface area (Å²) in [4.78, 5) is 7.35. The molecule has 2 aromatic heterocycles. The zero-order valence-electron chi connectivity index (χ0n) is 20.9. The molecule has 172 valence electrons. The van der Waals surface area contributed by atoms with Crippen LogP contribution in [0.3, 0.4) is 0 Å². The zero-order chi connectivity index (χ0) is 22.7. The summed E-state index contributed by atoms with van der Waals surface area (Å²) < 4.78 is 2.54. The molecule has 3 aromatic rings. The lowest BCUT2D eigenvalue weighted by Gasteiger charge is -2.29. The number of rotatable bonds is 8. The number of pyridine rings is 1. The van der Waals surface area contributed by atoms with Gasteiger partial charge in [0.05, 0.1) is 5.69 Å². The topological polar surface area (TPSA) is 21.1 Å². The number of anilines is 1. The lowest BCUT2D eigenvalue weighted by Crippen LogP contribution is -2.29. The van der Waals surface area contributed by atoms with Crippen LogP contribution >= 0.6 is 0 Å². The van der Waals surface area contributed by atoms with E-state index in [1.54, 1.807) is 0 Å².